The Balaban J connectivity index is 0.00000300. The summed E-state index contributed by atoms with van der Waals surface area (Å²) in [5.41, 5.74) is 0.995. The lowest BCUT2D eigenvalue weighted by atomic mass is 9.67. The molecule has 0 aromatic carbocycles. The summed E-state index contributed by atoms with van der Waals surface area (Å²) in [6.45, 7) is 5.20. The van der Waals surface area contributed by atoms with E-state index < -0.39 is 0 Å². The van der Waals surface area contributed by atoms with E-state index in [0.29, 0.717) is 35.8 Å². The van der Waals surface area contributed by atoms with Crippen molar-refractivity contribution >= 4 is 29.9 Å². The van der Waals surface area contributed by atoms with Gasteiger partial charge in [0.05, 0.1) is 0 Å². The Morgan fingerprint density at radius 3 is 2.83 bits per heavy atom. The smallest absolute Gasteiger partial charge is 0.276 e. The molecule has 0 bridgehead atoms. The monoisotopic (exact) mass is 514 g/mol. The molecular formula is C20H31IN6O2. The molecule has 160 valence electrons. The zero-order valence-electron chi connectivity index (χ0n) is 17.2. The van der Waals surface area contributed by atoms with Crippen LogP contribution in [0, 0.1) is 5.41 Å². The van der Waals surface area contributed by atoms with Crippen molar-refractivity contribution in [1.82, 2.24) is 25.8 Å². The highest BCUT2D eigenvalue weighted by atomic mass is 127. The summed E-state index contributed by atoms with van der Waals surface area (Å²) >= 11 is 0. The van der Waals surface area contributed by atoms with E-state index >= 15 is 0 Å². The molecule has 2 heterocycles. The number of halogens is 1. The van der Waals surface area contributed by atoms with Crippen LogP contribution in [0.1, 0.15) is 38.4 Å². The molecule has 0 saturated heterocycles. The number of methoxy groups -OCH3 is 1. The minimum absolute atomic E-state index is 0. The minimum atomic E-state index is 0. The first-order valence-corrected chi connectivity index (χ1v) is 10.00. The fourth-order valence-corrected chi connectivity index (χ4v) is 3.31. The molecule has 0 unspecified atom stereocenters. The van der Waals surface area contributed by atoms with Crippen molar-refractivity contribution in [1.29, 1.82) is 0 Å². The van der Waals surface area contributed by atoms with Gasteiger partial charge in [0.2, 0.25) is 0 Å². The lowest BCUT2D eigenvalue weighted by molar-refractivity contribution is 0.0778. The normalized spacial score (nSPS) is 15.3. The number of nitrogens with zero attached hydrogens (tertiary/aromatic N) is 4. The molecular weight excluding hydrogens is 483 g/mol. The van der Waals surface area contributed by atoms with Crippen LogP contribution < -0.4 is 10.6 Å². The quantitative estimate of drug-likeness (QED) is 0.286. The van der Waals surface area contributed by atoms with E-state index in [4.69, 9.17) is 14.3 Å². The van der Waals surface area contributed by atoms with E-state index in [1.54, 1.807) is 13.3 Å². The molecule has 1 aliphatic carbocycles. The zero-order chi connectivity index (χ0) is 19.7. The maximum atomic E-state index is 5.30. The molecule has 3 rings (SSSR count). The van der Waals surface area contributed by atoms with Gasteiger partial charge in [0.15, 0.2) is 11.8 Å². The number of pyridine rings is 1. The molecule has 8 nitrogen and oxygen atoms in total. The Morgan fingerprint density at radius 2 is 2.17 bits per heavy atom. The number of aliphatic imine (C=N–C) groups is 1. The first-order valence-electron chi connectivity index (χ1n) is 10.00. The number of guanidine groups is 1. The molecule has 1 fully saturated rings. The van der Waals surface area contributed by atoms with E-state index in [1.165, 1.54) is 19.3 Å². The van der Waals surface area contributed by atoms with Crippen LogP contribution >= 0.6 is 24.0 Å². The maximum absolute atomic E-state index is 5.30. The van der Waals surface area contributed by atoms with Crippen LogP contribution in [-0.4, -0.2) is 54.4 Å². The van der Waals surface area contributed by atoms with Crippen LogP contribution in [0.15, 0.2) is 33.9 Å². The van der Waals surface area contributed by atoms with E-state index in [-0.39, 0.29) is 24.0 Å². The minimum Gasteiger partial charge on any atom is -0.385 e. The second kappa shape index (κ2) is 12.1. The topological polar surface area (TPSA) is 97.5 Å². The molecule has 1 aliphatic rings. The molecule has 0 radical (unpaired) electrons. The summed E-state index contributed by atoms with van der Waals surface area (Å²) in [6.07, 6.45) is 7.19. The van der Waals surface area contributed by atoms with Crippen LogP contribution in [0.4, 0.5) is 0 Å². The largest absolute Gasteiger partial charge is 0.385 e. The Kier molecular flexibility index (Phi) is 9.79. The molecule has 1 saturated carbocycles. The summed E-state index contributed by atoms with van der Waals surface area (Å²) < 4.78 is 10.6. The lowest BCUT2D eigenvalue weighted by Gasteiger charge is -2.40. The third kappa shape index (κ3) is 6.91. The Morgan fingerprint density at radius 1 is 1.31 bits per heavy atom. The average Bonchev–Trinajstić information content (AvgIpc) is 3.16. The maximum Gasteiger partial charge on any atom is 0.276 e. The molecule has 0 aliphatic heterocycles. The fraction of sp³-hybridized carbons (Fsp3) is 0.600. The number of rotatable bonds is 10. The van der Waals surface area contributed by atoms with E-state index in [9.17, 15) is 0 Å². The molecule has 2 aromatic rings. The summed E-state index contributed by atoms with van der Waals surface area (Å²) in [6, 6.07) is 5.61. The van der Waals surface area contributed by atoms with Crippen molar-refractivity contribution < 1.29 is 9.26 Å². The van der Waals surface area contributed by atoms with Crippen molar-refractivity contribution in [3.8, 4) is 11.6 Å². The molecule has 2 N–H and O–H groups in total. The standard InChI is InChI=1S/C20H30N6O2.HI/c1-3-21-19(24-15-20(9-6-10-20)11-14-27-2)23-13-8-17-25-18(28-26-17)16-7-4-5-12-22-16;/h4-5,7,12H,3,6,8-11,13-15H2,1-2H3,(H2,21,23,24);1H. The third-order valence-corrected chi connectivity index (χ3v) is 5.16. The van der Waals surface area contributed by atoms with E-state index in [1.807, 2.05) is 18.2 Å². The van der Waals surface area contributed by atoms with Gasteiger partial charge in [-0.15, -0.1) is 24.0 Å². The summed E-state index contributed by atoms with van der Waals surface area (Å²) in [5, 5.41) is 10.7. The van der Waals surface area contributed by atoms with Gasteiger partial charge in [-0.05, 0) is 43.7 Å². The first-order chi connectivity index (χ1) is 13.7. The SMILES string of the molecule is CCNC(=NCC1(CCOC)CCC1)NCCc1noc(-c2ccccn2)n1.I. The first kappa shape index (κ1) is 23.5. The van der Waals surface area contributed by atoms with Crippen molar-refractivity contribution in [2.45, 2.75) is 39.0 Å². The van der Waals surface area contributed by atoms with Gasteiger partial charge in [-0.25, -0.2) is 0 Å². The van der Waals surface area contributed by atoms with Crippen molar-refractivity contribution in [3.05, 3.63) is 30.2 Å². The highest BCUT2D eigenvalue weighted by Gasteiger charge is 2.36. The Hall–Kier alpha value is -1.75. The van der Waals surface area contributed by atoms with Gasteiger partial charge in [-0.2, -0.15) is 4.98 Å². The predicted octanol–water partition coefficient (Wildman–Crippen LogP) is 3.05. The van der Waals surface area contributed by atoms with Crippen LogP contribution in [0.2, 0.25) is 0 Å². The van der Waals surface area contributed by atoms with Crippen LogP contribution in [-0.2, 0) is 11.2 Å². The number of ether oxygens (including phenoxy) is 1. The van der Waals surface area contributed by atoms with Crippen molar-refractivity contribution in [2.75, 3.05) is 33.4 Å². The fourth-order valence-electron chi connectivity index (χ4n) is 3.31. The third-order valence-electron chi connectivity index (χ3n) is 5.16. The second-order valence-electron chi connectivity index (χ2n) is 7.20. The van der Waals surface area contributed by atoms with Crippen LogP contribution in [0.5, 0.6) is 0 Å². The van der Waals surface area contributed by atoms with Gasteiger partial charge in [-0.1, -0.05) is 17.6 Å². The lowest BCUT2D eigenvalue weighted by Crippen LogP contribution is -2.41. The number of aromatic nitrogens is 3. The van der Waals surface area contributed by atoms with Gasteiger partial charge in [-0.3, -0.25) is 9.98 Å². The number of hydrogen-bond donors (Lipinski definition) is 2. The summed E-state index contributed by atoms with van der Waals surface area (Å²) in [7, 11) is 1.76. The van der Waals surface area contributed by atoms with E-state index in [0.717, 1.165) is 32.1 Å². The van der Waals surface area contributed by atoms with Crippen molar-refractivity contribution in [3.63, 3.8) is 0 Å². The van der Waals surface area contributed by atoms with E-state index in [2.05, 4.69) is 32.7 Å². The van der Waals surface area contributed by atoms with Gasteiger partial charge in [0.1, 0.15) is 5.69 Å². The molecule has 9 heteroatoms. The molecule has 0 amide bonds. The molecule has 29 heavy (non-hydrogen) atoms. The number of nitrogens with one attached hydrogen (secondary N) is 2. The average molecular weight is 514 g/mol. The van der Waals surface area contributed by atoms with Gasteiger partial charge in [0, 0.05) is 46.0 Å². The Bertz CT molecular complexity index is 748. The van der Waals surface area contributed by atoms with Gasteiger partial charge < -0.3 is 19.9 Å². The number of hydrogen-bond acceptors (Lipinski definition) is 6. The molecule has 0 spiro atoms. The highest BCUT2D eigenvalue weighted by Crippen LogP contribution is 2.44. The van der Waals surface area contributed by atoms with Gasteiger partial charge in [0.25, 0.3) is 5.89 Å². The molecule has 2 aromatic heterocycles. The summed E-state index contributed by atoms with van der Waals surface area (Å²) in [4.78, 5) is 13.4. The van der Waals surface area contributed by atoms with Crippen LogP contribution in [0.25, 0.3) is 11.6 Å². The molecule has 0 atom stereocenters. The highest BCUT2D eigenvalue weighted by molar-refractivity contribution is 14.0. The van der Waals surface area contributed by atoms with Crippen molar-refractivity contribution in [2.24, 2.45) is 10.4 Å². The predicted molar refractivity (Wildman–Crippen MR) is 123 cm³/mol. The summed E-state index contributed by atoms with van der Waals surface area (Å²) in [5.74, 6) is 1.93. The second-order valence-corrected chi connectivity index (χ2v) is 7.20. The van der Waals surface area contributed by atoms with Gasteiger partial charge >= 0.3 is 0 Å². The Labute approximate surface area is 189 Å². The van der Waals surface area contributed by atoms with Crippen LogP contribution in [0.3, 0.4) is 0 Å². The zero-order valence-corrected chi connectivity index (χ0v) is 19.5.